The molecule has 0 aliphatic heterocycles. The van der Waals surface area contributed by atoms with Gasteiger partial charge in [-0.25, -0.2) is 4.98 Å². The van der Waals surface area contributed by atoms with Gasteiger partial charge in [0.1, 0.15) is 5.65 Å². The number of benzene rings is 19. The minimum atomic E-state index is 0.964. The first-order valence-electron chi connectivity index (χ1n) is 48.0. The largest absolute Gasteiger partial charge is 0.309 e. The maximum atomic E-state index is 4.92. The fourth-order valence-corrected chi connectivity index (χ4v) is 23.2. The number of aromatic nitrogens is 12. The molecule has 12 nitrogen and oxygen atoms in total. The number of pyridine rings is 3. The van der Waals surface area contributed by atoms with Crippen molar-refractivity contribution in [2.24, 2.45) is 0 Å². The van der Waals surface area contributed by atoms with Crippen molar-refractivity contribution in [3.05, 3.63) is 498 Å². The second kappa shape index (κ2) is 31.7. The molecular formula is C129H82N12. The van der Waals surface area contributed by atoms with Gasteiger partial charge in [0.05, 0.1) is 105 Å². The second-order valence-electron chi connectivity index (χ2n) is 36.5. The van der Waals surface area contributed by atoms with E-state index in [1.54, 1.807) is 0 Å². The number of fused-ring (bicyclic) bond motifs is 30. The smallest absolute Gasteiger partial charge is 0.145 e. The van der Waals surface area contributed by atoms with Crippen LogP contribution in [-0.2, 0) is 0 Å². The van der Waals surface area contributed by atoms with Crippen molar-refractivity contribution in [2.75, 3.05) is 0 Å². The highest BCUT2D eigenvalue weighted by molar-refractivity contribution is 6.30. The van der Waals surface area contributed by atoms with Gasteiger partial charge >= 0.3 is 0 Å². The van der Waals surface area contributed by atoms with Crippen LogP contribution in [-0.4, -0.2) is 56.1 Å². The second-order valence-corrected chi connectivity index (χ2v) is 36.5. The van der Waals surface area contributed by atoms with Gasteiger partial charge in [-0.15, -0.1) is 0 Å². The molecule has 19 aromatic carbocycles. The van der Waals surface area contributed by atoms with Crippen LogP contribution in [0.25, 0.3) is 259 Å². The Labute approximate surface area is 807 Å². The van der Waals surface area contributed by atoms with E-state index in [0.717, 1.165) is 95.2 Å². The first-order valence-corrected chi connectivity index (χ1v) is 48.0. The van der Waals surface area contributed by atoms with E-state index in [0.29, 0.717) is 0 Å². The van der Waals surface area contributed by atoms with Gasteiger partial charge in [0, 0.05) is 161 Å². The zero-order valence-electron chi connectivity index (χ0n) is 76.2. The van der Waals surface area contributed by atoms with Crippen LogP contribution in [0, 0.1) is 0 Å². The van der Waals surface area contributed by atoms with Crippen LogP contribution in [0.5, 0.6) is 0 Å². The summed E-state index contributed by atoms with van der Waals surface area (Å²) in [5, 5.41) is 20.8. The highest BCUT2D eigenvalue weighted by Crippen LogP contribution is 2.49. The van der Waals surface area contributed by atoms with Gasteiger partial charge in [0.25, 0.3) is 0 Å². The zero-order valence-corrected chi connectivity index (χ0v) is 76.2. The van der Waals surface area contributed by atoms with Gasteiger partial charge in [-0.2, -0.15) is 0 Å². The fraction of sp³-hybridized carbons (Fsp3) is 0. The molecule has 0 unspecified atom stereocenters. The minimum Gasteiger partial charge on any atom is -0.309 e. The number of hydrogen-bond acceptors (Lipinski definition) is 3. The highest BCUT2D eigenvalue weighted by Gasteiger charge is 2.28. The first kappa shape index (κ1) is 79.2. The van der Waals surface area contributed by atoms with Gasteiger partial charge < -0.3 is 36.5 Å². The van der Waals surface area contributed by atoms with Crippen molar-refractivity contribution in [1.29, 1.82) is 0 Å². The predicted octanol–water partition coefficient (Wildman–Crippen LogP) is 32.8. The molecule has 31 aromatic rings. The summed E-state index contributed by atoms with van der Waals surface area (Å²) in [4.78, 5) is 14.3. The fourth-order valence-electron chi connectivity index (χ4n) is 23.2. The van der Waals surface area contributed by atoms with Gasteiger partial charge in [-0.1, -0.05) is 261 Å². The Morgan fingerprint density at radius 3 is 0.851 bits per heavy atom. The molecule has 12 aromatic heterocycles. The molecule has 0 fully saturated rings. The van der Waals surface area contributed by atoms with Crippen LogP contribution < -0.4 is 0 Å². The molecule has 12 heterocycles. The van der Waals surface area contributed by atoms with E-state index < -0.39 is 0 Å². The summed E-state index contributed by atoms with van der Waals surface area (Å²) >= 11 is 0. The van der Waals surface area contributed by atoms with E-state index in [9.17, 15) is 0 Å². The summed E-state index contributed by atoms with van der Waals surface area (Å²) < 4.78 is 21.5. The van der Waals surface area contributed by atoms with Crippen LogP contribution in [0.3, 0.4) is 0 Å². The van der Waals surface area contributed by atoms with E-state index in [4.69, 9.17) is 9.97 Å². The van der Waals surface area contributed by atoms with Crippen molar-refractivity contribution in [3.8, 4) is 62.3 Å². The molecule has 658 valence electrons. The lowest BCUT2D eigenvalue weighted by atomic mass is 10.1. The number of nitrogens with zero attached hydrogens (tertiary/aromatic N) is 12. The standard InChI is InChI=1S/C47H30N4.2C41H26N4/c1-3-12-31(13-4-1)32-21-23-34(24-22-32)49-41-19-10-8-17-38(41)45-43(49)28-26-37-36-16-7-9-18-40(36)51(47(37)45)35-25-27-42-39(30-35)46-44(20-11-29-48-46)50(42)33-14-5-2-6-15-33;1-3-12-27(13-4-1)43-36-20-10-8-17-33(36)39-38(43)24-22-31-30-16-7-9-19-35(30)44(40(31)39)29-21-23-37-34(26-29)32-18-11-25-42-41(32)45(37)28-14-5-2-6-15-28;1-3-11-27(12-4-1)43-36-18-10-8-16-33(36)40-38(43)22-20-32-30-15-7-9-17-35(30)45(41(32)40)29-19-21-37-34(25-29)31-23-24-42-26-39(31)44(37)28-13-5-2-6-14-28/h1-30H;2*1-26H. The van der Waals surface area contributed by atoms with Crippen molar-refractivity contribution in [1.82, 2.24) is 56.1 Å². The summed E-state index contributed by atoms with van der Waals surface area (Å²) in [5.74, 6) is 0. The van der Waals surface area contributed by atoms with E-state index in [-0.39, 0.29) is 0 Å². The average molecular weight is 1800 g/mol. The molecule has 141 heavy (non-hydrogen) atoms. The molecular weight excluding hydrogens is 1720 g/mol. The Morgan fingerprint density at radius 2 is 0.418 bits per heavy atom. The van der Waals surface area contributed by atoms with E-state index >= 15 is 0 Å². The molecule has 0 spiro atoms. The molecule has 0 bridgehead atoms. The molecule has 0 amide bonds. The molecule has 0 saturated heterocycles. The van der Waals surface area contributed by atoms with E-state index in [1.165, 1.54) is 164 Å². The van der Waals surface area contributed by atoms with Crippen molar-refractivity contribution >= 4 is 197 Å². The van der Waals surface area contributed by atoms with E-state index in [2.05, 4.69) is 507 Å². The van der Waals surface area contributed by atoms with Gasteiger partial charge in [0.2, 0.25) is 0 Å². The van der Waals surface area contributed by atoms with Crippen molar-refractivity contribution in [3.63, 3.8) is 0 Å². The van der Waals surface area contributed by atoms with Crippen LogP contribution in [0.15, 0.2) is 498 Å². The van der Waals surface area contributed by atoms with Crippen LogP contribution in [0.1, 0.15) is 0 Å². The zero-order chi connectivity index (χ0) is 92.4. The van der Waals surface area contributed by atoms with Crippen molar-refractivity contribution < 1.29 is 0 Å². The molecule has 31 rings (SSSR count). The van der Waals surface area contributed by atoms with E-state index in [1.807, 2.05) is 36.9 Å². The average Bonchev–Trinajstić information content (AvgIpc) is 1.55. The Bertz CT molecular complexity index is 10100. The monoisotopic (exact) mass is 1800 g/mol. The lowest BCUT2D eigenvalue weighted by molar-refractivity contribution is 1.13. The third kappa shape index (κ3) is 12.1. The summed E-state index contributed by atoms with van der Waals surface area (Å²) in [5.41, 5.74) is 34.7. The summed E-state index contributed by atoms with van der Waals surface area (Å²) in [6.07, 6.45) is 7.65. The van der Waals surface area contributed by atoms with Crippen LogP contribution in [0.2, 0.25) is 0 Å². The van der Waals surface area contributed by atoms with Crippen LogP contribution >= 0.6 is 0 Å². The van der Waals surface area contributed by atoms with Gasteiger partial charge in [-0.05, 0) is 223 Å². The Hall–Kier alpha value is -19.2. The third-order valence-electron chi connectivity index (χ3n) is 29.1. The molecule has 0 aliphatic carbocycles. The van der Waals surface area contributed by atoms with Crippen LogP contribution in [0.4, 0.5) is 0 Å². The quantitative estimate of drug-likeness (QED) is 0.137. The summed E-state index contributed by atoms with van der Waals surface area (Å²) in [6.45, 7) is 0. The molecule has 12 heteroatoms. The molecule has 0 atom stereocenters. The Balaban J connectivity index is 0.000000102. The number of para-hydroxylation sites is 11. The van der Waals surface area contributed by atoms with Crippen molar-refractivity contribution in [2.45, 2.75) is 0 Å². The number of hydrogen-bond donors (Lipinski definition) is 0. The first-order chi connectivity index (χ1) is 70.1. The molecule has 0 saturated carbocycles. The Morgan fingerprint density at radius 1 is 0.142 bits per heavy atom. The lowest BCUT2D eigenvalue weighted by Gasteiger charge is -2.11. The maximum absolute atomic E-state index is 4.92. The van der Waals surface area contributed by atoms with Gasteiger partial charge in [-0.3, -0.25) is 14.5 Å². The molecule has 0 aliphatic rings. The van der Waals surface area contributed by atoms with Gasteiger partial charge in [0.15, 0.2) is 0 Å². The lowest BCUT2D eigenvalue weighted by Crippen LogP contribution is -1.96. The summed E-state index contributed by atoms with van der Waals surface area (Å²) in [7, 11) is 0. The third-order valence-corrected chi connectivity index (χ3v) is 29.1. The predicted molar refractivity (Wildman–Crippen MR) is 587 cm³/mol. The minimum absolute atomic E-state index is 0.964. The maximum Gasteiger partial charge on any atom is 0.145 e. The Kier molecular flexibility index (Phi) is 17.8. The number of rotatable bonds is 10. The highest BCUT2D eigenvalue weighted by atomic mass is 15.1. The SMILES string of the molecule is c1ccc(-c2ccc(-n3c4ccccc4c4c3ccc3c5ccccc5n(-c5ccc6c(c5)c5ncccc5n6-c5ccccc5)c34)cc2)cc1.c1ccc(-n2c3ccc(-n4c5ccccc5c5ccc6c(c7ccccc7n6-c6ccccc6)c54)cc3c3ccncc32)cc1.c1ccc(-n2c3ccccc3c3c2ccc2c4ccccc4n(-c4ccc5c(c4)c4cccnc4n5-c4ccccc4)c23)cc1. The normalized spacial score (nSPS) is 12.0. The molecule has 0 radical (unpaired) electrons. The summed E-state index contributed by atoms with van der Waals surface area (Å²) in [6, 6.07) is 170. The topological polar surface area (TPSA) is 83.0 Å². The molecule has 0 N–H and O–H groups in total.